The molecule has 0 amide bonds. The van der Waals surface area contributed by atoms with Crippen molar-refractivity contribution in [3.8, 4) is 0 Å². The van der Waals surface area contributed by atoms with Crippen LogP contribution >= 0.6 is 11.6 Å². The van der Waals surface area contributed by atoms with E-state index in [4.69, 9.17) is 11.6 Å². The molecule has 0 aliphatic carbocycles. The van der Waals surface area contributed by atoms with Crippen molar-refractivity contribution in [3.63, 3.8) is 0 Å². The van der Waals surface area contributed by atoms with E-state index in [-0.39, 0.29) is 0 Å². The zero-order valence-electron chi connectivity index (χ0n) is 12.5. The molecule has 3 heteroatoms. The lowest BCUT2D eigenvalue weighted by atomic mass is 10.2. The molecule has 1 rings (SSSR count). The van der Waals surface area contributed by atoms with Gasteiger partial charge in [-0.3, -0.25) is 4.90 Å². The predicted octanol–water partition coefficient (Wildman–Crippen LogP) is 4.65. The van der Waals surface area contributed by atoms with E-state index in [0.29, 0.717) is 6.04 Å². The Morgan fingerprint density at radius 2 is 1.95 bits per heavy atom. The largest absolute Gasteiger partial charge is 0.383 e. The molecule has 0 saturated carbocycles. The molecule has 1 unspecified atom stereocenters. The molecule has 0 heterocycles. The van der Waals surface area contributed by atoms with Crippen molar-refractivity contribution >= 4 is 17.3 Å². The molecule has 19 heavy (non-hydrogen) atoms. The lowest BCUT2D eigenvalue weighted by Gasteiger charge is -2.28. The fourth-order valence-corrected chi connectivity index (χ4v) is 2.31. The molecule has 0 spiro atoms. The highest BCUT2D eigenvalue weighted by Crippen LogP contribution is 2.20. The van der Waals surface area contributed by atoms with Crippen molar-refractivity contribution in [2.45, 2.75) is 46.1 Å². The summed E-state index contributed by atoms with van der Waals surface area (Å²) >= 11 is 6.14. The third-order valence-electron chi connectivity index (χ3n) is 3.60. The minimum atomic E-state index is 0.652. The maximum atomic E-state index is 6.14. The molecule has 2 nitrogen and oxygen atoms in total. The molecule has 1 N–H and O–H groups in total. The molecule has 0 radical (unpaired) electrons. The van der Waals surface area contributed by atoms with Crippen LogP contribution < -0.4 is 5.32 Å². The molecule has 0 aromatic heterocycles. The highest BCUT2D eigenvalue weighted by atomic mass is 35.5. The minimum Gasteiger partial charge on any atom is -0.383 e. The zero-order chi connectivity index (χ0) is 14.1. The number of benzene rings is 1. The molecule has 0 fully saturated rings. The molecular weight excluding hydrogens is 256 g/mol. The summed E-state index contributed by atoms with van der Waals surface area (Å²) in [4.78, 5) is 2.56. The number of nitrogens with one attached hydrogen (secondary N) is 1. The fourth-order valence-electron chi connectivity index (χ4n) is 2.11. The lowest BCUT2D eigenvalue weighted by molar-refractivity contribution is 0.208. The minimum absolute atomic E-state index is 0.652. The fraction of sp³-hybridized carbons (Fsp3) is 0.625. The van der Waals surface area contributed by atoms with Gasteiger partial charge < -0.3 is 5.32 Å². The average Bonchev–Trinajstić information content (AvgIpc) is 2.43. The Balaban J connectivity index is 2.41. The van der Waals surface area contributed by atoms with Crippen LogP contribution in [0.5, 0.6) is 0 Å². The topological polar surface area (TPSA) is 15.3 Å². The highest BCUT2D eigenvalue weighted by molar-refractivity contribution is 6.33. The van der Waals surface area contributed by atoms with E-state index in [1.807, 2.05) is 24.3 Å². The molecule has 0 aliphatic heterocycles. The third-order valence-corrected chi connectivity index (χ3v) is 3.93. The number of halogens is 1. The SMILES string of the molecule is CCCCN(CCNc1ccccc1Cl)C(C)CC. The second-order valence-corrected chi connectivity index (χ2v) is 5.46. The van der Waals surface area contributed by atoms with Crippen molar-refractivity contribution in [3.05, 3.63) is 29.3 Å². The van der Waals surface area contributed by atoms with Crippen LogP contribution in [0.3, 0.4) is 0 Å². The van der Waals surface area contributed by atoms with Crippen molar-refractivity contribution in [1.82, 2.24) is 4.90 Å². The van der Waals surface area contributed by atoms with Crippen LogP contribution in [0.2, 0.25) is 5.02 Å². The molecule has 108 valence electrons. The van der Waals surface area contributed by atoms with Crippen LogP contribution in [0, 0.1) is 0 Å². The van der Waals surface area contributed by atoms with Gasteiger partial charge in [-0.05, 0) is 38.4 Å². The summed E-state index contributed by atoms with van der Waals surface area (Å²) in [6.45, 7) is 10.0. The van der Waals surface area contributed by atoms with Crippen molar-refractivity contribution in [1.29, 1.82) is 0 Å². The first-order chi connectivity index (χ1) is 9.19. The summed E-state index contributed by atoms with van der Waals surface area (Å²) in [5, 5.41) is 4.22. The summed E-state index contributed by atoms with van der Waals surface area (Å²) < 4.78 is 0. The Bertz CT molecular complexity index is 354. The van der Waals surface area contributed by atoms with Crippen LogP contribution in [0.4, 0.5) is 5.69 Å². The molecule has 0 saturated heterocycles. The summed E-state index contributed by atoms with van der Waals surface area (Å²) in [7, 11) is 0. The monoisotopic (exact) mass is 282 g/mol. The quantitative estimate of drug-likeness (QED) is 0.709. The Hall–Kier alpha value is -0.730. The third kappa shape index (κ3) is 5.84. The van der Waals surface area contributed by atoms with Crippen molar-refractivity contribution < 1.29 is 0 Å². The molecular formula is C16H27ClN2. The van der Waals surface area contributed by atoms with Gasteiger partial charge in [0.15, 0.2) is 0 Å². The van der Waals surface area contributed by atoms with E-state index >= 15 is 0 Å². The van der Waals surface area contributed by atoms with E-state index in [0.717, 1.165) is 23.8 Å². The maximum absolute atomic E-state index is 6.14. The number of unbranched alkanes of at least 4 members (excludes halogenated alkanes) is 1. The Labute approximate surface area is 123 Å². The number of hydrogen-bond acceptors (Lipinski definition) is 2. The van der Waals surface area contributed by atoms with Crippen LogP contribution in [0.15, 0.2) is 24.3 Å². The van der Waals surface area contributed by atoms with E-state index in [1.165, 1.54) is 25.8 Å². The van der Waals surface area contributed by atoms with Gasteiger partial charge in [0.05, 0.1) is 10.7 Å². The smallest absolute Gasteiger partial charge is 0.0637 e. The summed E-state index contributed by atoms with van der Waals surface area (Å²) in [6.07, 6.45) is 3.73. The molecule has 1 aromatic rings. The summed E-state index contributed by atoms with van der Waals surface area (Å²) in [5.41, 5.74) is 1.03. The summed E-state index contributed by atoms with van der Waals surface area (Å²) in [6, 6.07) is 8.58. The normalized spacial score (nSPS) is 12.7. The van der Waals surface area contributed by atoms with Gasteiger partial charge in [0.25, 0.3) is 0 Å². The van der Waals surface area contributed by atoms with Gasteiger partial charge in [-0.25, -0.2) is 0 Å². The Morgan fingerprint density at radius 3 is 2.58 bits per heavy atom. The first-order valence-electron chi connectivity index (χ1n) is 7.41. The second-order valence-electron chi connectivity index (χ2n) is 5.05. The van der Waals surface area contributed by atoms with Gasteiger partial charge in [0.1, 0.15) is 0 Å². The average molecular weight is 283 g/mol. The lowest BCUT2D eigenvalue weighted by Crippen LogP contribution is -2.37. The Morgan fingerprint density at radius 1 is 1.21 bits per heavy atom. The first kappa shape index (κ1) is 16.3. The van der Waals surface area contributed by atoms with Crippen LogP contribution in [-0.2, 0) is 0 Å². The van der Waals surface area contributed by atoms with Gasteiger partial charge in [-0.15, -0.1) is 0 Å². The van der Waals surface area contributed by atoms with Gasteiger partial charge >= 0.3 is 0 Å². The molecule has 0 aliphatic rings. The second kappa shape index (κ2) is 9.22. The van der Waals surface area contributed by atoms with Gasteiger partial charge in [0, 0.05) is 19.1 Å². The first-order valence-corrected chi connectivity index (χ1v) is 7.79. The standard InChI is InChI=1S/C16H27ClN2/c1-4-6-12-19(14(3)5-2)13-11-18-16-10-8-7-9-15(16)17/h7-10,14,18H,4-6,11-13H2,1-3H3. The van der Waals surface area contributed by atoms with E-state index < -0.39 is 0 Å². The van der Waals surface area contributed by atoms with Crippen LogP contribution in [-0.4, -0.2) is 30.6 Å². The number of hydrogen-bond donors (Lipinski definition) is 1. The van der Waals surface area contributed by atoms with Crippen LogP contribution in [0.25, 0.3) is 0 Å². The van der Waals surface area contributed by atoms with Crippen molar-refractivity contribution in [2.24, 2.45) is 0 Å². The molecule has 1 atom stereocenters. The number of rotatable bonds is 9. The Kier molecular flexibility index (Phi) is 7.92. The number of anilines is 1. The van der Waals surface area contributed by atoms with Crippen molar-refractivity contribution in [2.75, 3.05) is 25.0 Å². The van der Waals surface area contributed by atoms with E-state index in [2.05, 4.69) is 31.0 Å². The zero-order valence-corrected chi connectivity index (χ0v) is 13.2. The summed E-state index contributed by atoms with van der Waals surface area (Å²) in [5.74, 6) is 0. The van der Waals surface area contributed by atoms with Gasteiger partial charge in [-0.1, -0.05) is 44.0 Å². The van der Waals surface area contributed by atoms with E-state index in [9.17, 15) is 0 Å². The molecule has 1 aromatic carbocycles. The van der Waals surface area contributed by atoms with E-state index in [1.54, 1.807) is 0 Å². The van der Waals surface area contributed by atoms with Gasteiger partial charge in [0.2, 0.25) is 0 Å². The van der Waals surface area contributed by atoms with Crippen LogP contribution in [0.1, 0.15) is 40.0 Å². The number of para-hydroxylation sites is 1. The van der Waals surface area contributed by atoms with Gasteiger partial charge in [-0.2, -0.15) is 0 Å². The highest BCUT2D eigenvalue weighted by Gasteiger charge is 2.10. The maximum Gasteiger partial charge on any atom is 0.0637 e. The molecule has 0 bridgehead atoms. The number of nitrogens with zero attached hydrogens (tertiary/aromatic N) is 1. The predicted molar refractivity (Wildman–Crippen MR) is 86.2 cm³/mol.